The fourth-order valence-corrected chi connectivity index (χ4v) is 3.49. The molecule has 0 aromatic heterocycles. The molecule has 0 amide bonds. The molecule has 14 heavy (non-hydrogen) atoms. The first-order valence-electron chi connectivity index (χ1n) is 5.09. The van der Waals surface area contributed by atoms with E-state index >= 15 is 0 Å². The molecule has 1 aliphatic heterocycles. The van der Waals surface area contributed by atoms with Gasteiger partial charge in [0.25, 0.3) is 0 Å². The van der Waals surface area contributed by atoms with Gasteiger partial charge in [-0.1, -0.05) is 6.58 Å². The van der Waals surface area contributed by atoms with Crippen molar-refractivity contribution >= 4 is 11.8 Å². The van der Waals surface area contributed by atoms with Crippen LogP contribution in [0.4, 0.5) is 0 Å². The van der Waals surface area contributed by atoms with Gasteiger partial charge in [0.2, 0.25) is 0 Å². The highest BCUT2D eigenvalue weighted by Gasteiger charge is 2.62. The van der Waals surface area contributed by atoms with E-state index in [0.29, 0.717) is 11.8 Å². The van der Waals surface area contributed by atoms with E-state index in [4.69, 9.17) is 4.74 Å². The number of carbonyl (C=O) groups is 2. The molecule has 74 valence electrons. The Kier molecular flexibility index (Phi) is 1.45. The smallest absolute Gasteiger partial charge is 0.309 e. The van der Waals surface area contributed by atoms with Crippen LogP contribution in [-0.4, -0.2) is 17.9 Å². The minimum atomic E-state index is -0.128. The Balaban J connectivity index is 1.95. The number of fused-ring (bicyclic) bond motifs is 1. The van der Waals surface area contributed by atoms with Gasteiger partial charge in [0.05, 0.1) is 11.8 Å². The first kappa shape index (κ1) is 8.21. The lowest BCUT2D eigenvalue weighted by Gasteiger charge is -2.22. The summed E-state index contributed by atoms with van der Waals surface area (Å²) in [6.07, 6.45) is 3.08. The van der Waals surface area contributed by atoms with Crippen molar-refractivity contribution in [3.63, 3.8) is 0 Å². The Hall–Kier alpha value is -1.12. The van der Waals surface area contributed by atoms with Crippen molar-refractivity contribution in [2.45, 2.75) is 18.9 Å². The lowest BCUT2D eigenvalue weighted by Crippen LogP contribution is -2.32. The second kappa shape index (κ2) is 2.47. The van der Waals surface area contributed by atoms with Crippen LogP contribution in [0.15, 0.2) is 12.7 Å². The fraction of sp³-hybridized carbons (Fsp3) is 0.636. The van der Waals surface area contributed by atoms with E-state index in [1.807, 2.05) is 0 Å². The Labute approximate surface area is 82.1 Å². The molecule has 3 heteroatoms. The molecule has 0 aromatic rings. The molecule has 3 aliphatic rings. The number of allylic oxidation sites excluding steroid dienone is 1. The Bertz CT molecular complexity index is 333. The third-order valence-electron chi connectivity index (χ3n) is 4.02. The minimum absolute atomic E-state index is 0.0515. The average Bonchev–Trinajstić information content (AvgIpc) is 2.76. The maximum absolute atomic E-state index is 11.6. The van der Waals surface area contributed by atoms with Crippen molar-refractivity contribution < 1.29 is 14.3 Å². The molecule has 3 rings (SSSR count). The SMILES string of the molecule is C=CC(=O)C1C2CC3C(=O)OC1C3C2. The van der Waals surface area contributed by atoms with Crippen molar-refractivity contribution in [2.75, 3.05) is 0 Å². The molecule has 5 atom stereocenters. The van der Waals surface area contributed by atoms with E-state index in [1.165, 1.54) is 6.08 Å². The summed E-state index contributed by atoms with van der Waals surface area (Å²) in [6.45, 7) is 3.50. The maximum Gasteiger partial charge on any atom is 0.309 e. The Morgan fingerprint density at radius 3 is 3.00 bits per heavy atom. The van der Waals surface area contributed by atoms with Crippen molar-refractivity contribution in [3.05, 3.63) is 12.7 Å². The van der Waals surface area contributed by atoms with Crippen LogP contribution in [0.2, 0.25) is 0 Å². The molecule has 5 unspecified atom stereocenters. The van der Waals surface area contributed by atoms with Gasteiger partial charge in [0.1, 0.15) is 6.10 Å². The van der Waals surface area contributed by atoms with Gasteiger partial charge in [0.15, 0.2) is 5.78 Å². The van der Waals surface area contributed by atoms with Gasteiger partial charge in [-0.25, -0.2) is 0 Å². The highest BCUT2D eigenvalue weighted by Crippen LogP contribution is 2.57. The van der Waals surface area contributed by atoms with Gasteiger partial charge in [0, 0.05) is 5.92 Å². The summed E-state index contributed by atoms with van der Waals surface area (Å²) in [7, 11) is 0. The molecule has 0 radical (unpaired) electrons. The highest BCUT2D eigenvalue weighted by molar-refractivity contribution is 5.93. The number of esters is 1. The van der Waals surface area contributed by atoms with Crippen LogP contribution >= 0.6 is 0 Å². The summed E-state index contributed by atoms with van der Waals surface area (Å²) in [5.41, 5.74) is 0. The van der Waals surface area contributed by atoms with E-state index in [1.54, 1.807) is 0 Å². The van der Waals surface area contributed by atoms with E-state index in [0.717, 1.165) is 12.8 Å². The van der Waals surface area contributed by atoms with Crippen LogP contribution in [0, 0.1) is 23.7 Å². The first-order valence-corrected chi connectivity index (χ1v) is 5.09. The van der Waals surface area contributed by atoms with E-state index in [9.17, 15) is 9.59 Å². The molecule has 1 saturated heterocycles. The predicted molar refractivity (Wildman–Crippen MR) is 48.3 cm³/mol. The number of ketones is 1. The lowest BCUT2D eigenvalue weighted by molar-refractivity contribution is -0.145. The molecule has 1 heterocycles. The standard InChI is InChI=1S/C11H12O3/c1-2-8(12)9-5-3-6-7(4-5)11(13)14-10(6)9/h2,5-7,9-10H,1,3-4H2. The summed E-state index contributed by atoms with van der Waals surface area (Å²) in [6, 6.07) is 0. The monoisotopic (exact) mass is 192 g/mol. The van der Waals surface area contributed by atoms with E-state index in [2.05, 4.69) is 6.58 Å². The van der Waals surface area contributed by atoms with Crippen LogP contribution in [0.1, 0.15) is 12.8 Å². The normalized spacial score (nSPS) is 48.0. The van der Waals surface area contributed by atoms with Crippen molar-refractivity contribution in [2.24, 2.45) is 23.7 Å². The largest absolute Gasteiger partial charge is 0.461 e. The molecule has 3 fully saturated rings. The number of hydrogen-bond donors (Lipinski definition) is 0. The van der Waals surface area contributed by atoms with Gasteiger partial charge in [-0.15, -0.1) is 0 Å². The van der Waals surface area contributed by atoms with E-state index in [-0.39, 0.29) is 29.7 Å². The average molecular weight is 192 g/mol. The number of carbonyl (C=O) groups excluding carboxylic acids is 2. The van der Waals surface area contributed by atoms with E-state index < -0.39 is 0 Å². The molecule has 2 bridgehead atoms. The predicted octanol–water partition coefficient (Wildman–Crippen LogP) is 0.939. The summed E-state index contributed by atoms with van der Waals surface area (Å²) in [5.74, 6) is 0.671. The zero-order valence-corrected chi connectivity index (χ0v) is 7.81. The van der Waals surface area contributed by atoms with Crippen LogP contribution in [0.3, 0.4) is 0 Å². The molecule has 0 N–H and O–H groups in total. The zero-order valence-electron chi connectivity index (χ0n) is 7.81. The molecular weight excluding hydrogens is 180 g/mol. The second-order valence-electron chi connectivity index (χ2n) is 4.54. The Morgan fingerprint density at radius 1 is 1.50 bits per heavy atom. The third-order valence-corrected chi connectivity index (χ3v) is 4.02. The quantitative estimate of drug-likeness (QED) is 0.483. The maximum atomic E-state index is 11.6. The van der Waals surface area contributed by atoms with Crippen LogP contribution in [0.25, 0.3) is 0 Å². The topological polar surface area (TPSA) is 43.4 Å². The van der Waals surface area contributed by atoms with Crippen LogP contribution < -0.4 is 0 Å². The molecule has 0 aromatic carbocycles. The van der Waals surface area contributed by atoms with Gasteiger partial charge >= 0.3 is 5.97 Å². The number of rotatable bonds is 2. The van der Waals surface area contributed by atoms with Crippen molar-refractivity contribution in [3.8, 4) is 0 Å². The number of ether oxygens (including phenoxy) is 1. The van der Waals surface area contributed by atoms with Crippen LogP contribution in [-0.2, 0) is 14.3 Å². The minimum Gasteiger partial charge on any atom is -0.461 e. The summed E-state index contributed by atoms with van der Waals surface area (Å²) in [4.78, 5) is 23.0. The summed E-state index contributed by atoms with van der Waals surface area (Å²) in [5, 5.41) is 0. The van der Waals surface area contributed by atoms with Gasteiger partial charge in [-0.05, 0) is 24.8 Å². The first-order chi connectivity index (χ1) is 6.72. The molecule has 2 aliphatic carbocycles. The fourth-order valence-electron chi connectivity index (χ4n) is 3.49. The molecular formula is C11H12O3. The lowest BCUT2D eigenvalue weighted by atomic mass is 9.80. The molecule has 0 spiro atoms. The van der Waals surface area contributed by atoms with Gasteiger partial charge in [-0.2, -0.15) is 0 Å². The molecule has 3 nitrogen and oxygen atoms in total. The van der Waals surface area contributed by atoms with Gasteiger partial charge in [-0.3, -0.25) is 9.59 Å². The third kappa shape index (κ3) is 0.781. The van der Waals surface area contributed by atoms with Crippen LogP contribution in [0.5, 0.6) is 0 Å². The second-order valence-corrected chi connectivity index (χ2v) is 4.54. The highest BCUT2D eigenvalue weighted by atomic mass is 16.6. The summed E-state index contributed by atoms with van der Waals surface area (Å²) < 4.78 is 5.27. The van der Waals surface area contributed by atoms with Crippen molar-refractivity contribution in [1.29, 1.82) is 0 Å². The zero-order chi connectivity index (χ0) is 9.87. The number of hydrogen-bond acceptors (Lipinski definition) is 3. The van der Waals surface area contributed by atoms with Gasteiger partial charge < -0.3 is 4.74 Å². The molecule has 2 saturated carbocycles. The summed E-state index contributed by atoms with van der Waals surface area (Å²) >= 11 is 0. The Morgan fingerprint density at radius 2 is 2.29 bits per heavy atom. The van der Waals surface area contributed by atoms with Crippen molar-refractivity contribution in [1.82, 2.24) is 0 Å².